The molecule has 4 heterocycles. The fourth-order valence-electron chi connectivity index (χ4n) is 3.94. The summed E-state index contributed by atoms with van der Waals surface area (Å²) in [5, 5.41) is 11.7. The Hall–Kier alpha value is -3.68. The summed E-state index contributed by atoms with van der Waals surface area (Å²) in [4.78, 5) is 8.21. The van der Waals surface area contributed by atoms with Crippen molar-refractivity contribution >= 4 is 19.7 Å². The number of rotatable bonds is 12. The minimum Gasteiger partial charge on any atom is -0.491 e. The van der Waals surface area contributed by atoms with Gasteiger partial charge >= 0.3 is 0 Å². The fraction of sp³-hybridized carbons (Fsp3) is 0.407. The van der Waals surface area contributed by atoms with Crippen LogP contribution in [0, 0.1) is 17.8 Å². The lowest BCUT2D eigenvalue weighted by Crippen LogP contribution is -2.32. The van der Waals surface area contributed by atoms with Crippen molar-refractivity contribution in [3.8, 4) is 28.3 Å². The van der Waals surface area contributed by atoms with Crippen LogP contribution >= 0.6 is 0 Å². The third-order valence-electron chi connectivity index (χ3n) is 6.41. The van der Waals surface area contributed by atoms with E-state index in [2.05, 4.69) is 45.1 Å². The first kappa shape index (κ1) is 27.9. The molecule has 40 heavy (non-hydrogen) atoms. The summed E-state index contributed by atoms with van der Waals surface area (Å²) in [6, 6.07) is 9.22. The molecule has 0 aliphatic carbocycles. The van der Waals surface area contributed by atoms with Crippen molar-refractivity contribution in [2.24, 2.45) is 13.0 Å². The van der Waals surface area contributed by atoms with E-state index in [0.717, 1.165) is 6.04 Å². The maximum Gasteiger partial charge on any atom is 0.240 e. The second kappa shape index (κ2) is 11.8. The molecule has 0 atom stereocenters. The molecule has 1 aliphatic rings. The molecule has 0 radical (unpaired) electrons. The molecular formula is C27H33F2N7O3Si. The molecule has 5 rings (SSSR count). The highest BCUT2D eigenvalue weighted by Crippen LogP contribution is 2.34. The number of pyridine rings is 1. The lowest BCUT2D eigenvalue weighted by Gasteiger charge is -2.26. The maximum absolute atomic E-state index is 14.9. The molecule has 1 aromatic carbocycles. The lowest BCUT2D eigenvalue weighted by atomic mass is 10.1. The monoisotopic (exact) mass is 569 g/mol. The van der Waals surface area contributed by atoms with Crippen LogP contribution in [0.2, 0.25) is 25.7 Å². The standard InChI is InChI=1S/C27H33F2N7O3Si/c1-35-27(32-26(34-35)20-6-8-24(28)30-12-20)31-22-7-5-19(11-23(22)39-16-18-14-38-15-18)21-13-36(33-25(21)29)17-37-9-10-40(2,3)4/h5-8,11-13,18H,9-10,14-17H2,1-4H3,(H,31,32,34). The number of hydrogen-bond donors (Lipinski definition) is 1. The zero-order valence-corrected chi connectivity index (χ0v) is 24.0. The molecule has 212 valence electrons. The number of aryl methyl sites for hydroxylation is 1. The molecule has 0 spiro atoms. The number of aromatic nitrogens is 6. The molecule has 3 aromatic heterocycles. The molecule has 0 saturated carbocycles. The number of benzene rings is 1. The zero-order chi connectivity index (χ0) is 28.3. The topological polar surface area (TPSA) is 101 Å². The van der Waals surface area contributed by atoms with Crippen molar-refractivity contribution in [3.05, 3.63) is 54.6 Å². The van der Waals surface area contributed by atoms with Crippen LogP contribution in [0.3, 0.4) is 0 Å². The Morgan fingerprint density at radius 2 is 1.90 bits per heavy atom. The lowest BCUT2D eigenvalue weighted by molar-refractivity contribution is -0.0507. The van der Waals surface area contributed by atoms with Crippen LogP contribution in [-0.4, -0.2) is 64.0 Å². The Labute approximate surface area is 232 Å². The molecular weight excluding hydrogens is 536 g/mol. The van der Waals surface area contributed by atoms with Gasteiger partial charge in [0.2, 0.25) is 17.8 Å². The SMILES string of the molecule is Cn1nc(-c2ccc(F)nc2)nc1Nc1ccc(-c2cn(COCC[Si](C)(C)C)nc2F)cc1OCC1COC1. The zero-order valence-electron chi connectivity index (χ0n) is 23.0. The van der Waals surface area contributed by atoms with Gasteiger partial charge in [-0.2, -0.15) is 13.8 Å². The fourth-order valence-corrected chi connectivity index (χ4v) is 4.70. The van der Waals surface area contributed by atoms with Gasteiger partial charge in [-0.1, -0.05) is 25.7 Å². The van der Waals surface area contributed by atoms with E-state index in [4.69, 9.17) is 14.2 Å². The van der Waals surface area contributed by atoms with Gasteiger partial charge in [0.15, 0.2) is 5.82 Å². The maximum atomic E-state index is 14.9. The molecule has 1 saturated heterocycles. The Kier molecular flexibility index (Phi) is 8.24. The molecule has 4 aromatic rings. The van der Waals surface area contributed by atoms with Crippen LogP contribution in [0.5, 0.6) is 5.75 Å². The van der Waals surface area contributed by atoms with Crippen LogP contribution in [0.25, 0.3) is 22.5 Å². The number of ether oxygens (including phenoxy) is 3. The number of halogens is 2. The molecule has 10 nitrogen and oxygen atoms in total. The quantitative estimate of drug-likeness (QED) is 0.143. The minimum absolute atomic E-state index is 0.185. The van der Waals surface area contributed by atoms with Crippen molar-refractivity contribution < 1.29 is 23.0 Å². The summed E-state index contributed by atoms with van der Waals surface area (Å²) in [5.74, 6) is 0.489. The Morgan fingerprint density at radius 1 is 1.10 bits per heavy atom. The minimum atomic E-state index is -1.21. The predicted octanol–water partition coefficient (Wildman–Crippen LogP) is 5.10. The molecule has 1 N–H and O–H groups in total. The van der Waals surface area contributed by atoms with Crippen molar-refractivity contribution in [1.82, 2.24) is 29.5 Å². The molecule has 0 bridgehead atoms. The van der Waals surface area contributed by atoms with Gasteiger partial charge in [-0.25, -0.2) is 14.3 Å². The first-order valence-corrected chi connectivity index (χ1v) is 16.8. The van der Waals surface area contributed by atoms with Gasteiger partial charge in [0.25, 0.3) is 0 Å². The van der Waals surface area contributed by atoms with E-state index in [1.807, 2.05) is 0 Å². The van der Waals surface area contributed by atoms with E-state index in [0.29, 0.717) is 66.3 Å². The van der Waals surface area contributed by atoms with Gasteiger partial charge in [0.05, 0.1) is 31.1 Å². The summed E-state index contributed by atoms with van der Waals surface area (Å²) in [5.41, 5.74) is 2.18. The van der Waals surface area contributed by atoms with Gasteiger partial charge in [0, 0.05) is 45.6 Å². The molecule has 1 fully saturated rings. The third kappa shape index (κ3) is 6.90. The highest BCUT2D eigenvalue weighted by Gasteiger charge is 2.21. The summed E-state index contributed by atoms with van der Waals surface area (Å²) in [6.45, 7) is 9.39. The molecule has 1 aliphatic heterocycles. The van der Waals surface area contributed by atoms with E-state index in [9.17, 15) is 8.78 Å². The van der Waals surface area contributed by atoms with Crippen molar-refractivity contribution in [1.29, 1.82) is 0 Å². The third-order valence-corrected chi connectivity index (χ3v) is 8.11. The van der Waals surface area contributed by atoms with E-state index in [-0.39, 0.29) is 12.6 Å². The Bertz CT molecular complexity index is 1450. The summed E-state index contributed by atoms with van der Waals surface area (Å²) >= 11 is 0. The summed E-state index contributed by atoms with van der Waals surface area (Å²) in [7, 11) is 0.529. The normalized spacial score (nSPS) is 13.8. The average molecular weight is 570 g/mol. The summed E-state index contributed by atoms with van der Waals surface area (Å²) in [6.07, 6.45) is 3.02. The van der Waals surface area contributed by atoms with Crippen LogP contribution in [0.15, 0.2) is 42.7 Å². The number of nitrogens with one attached hydrogen (secondary N) is 1. The van der Waals surface area contributed by atoms with Gasteiger partial charge in [-0.05, 0) is 35.9 Å². The van der Waals surface area contributed by atoms with Crippen molar-refractivity contribution in [2.45, 2.75) is 32.4 Å². The highest BCUT2D eigenvalue weighted by molar-refractivity contribution is 6.76. The Morgan fingerprint density at radius 3 is 2.60 bits per heavy atom. The van der Waals surface area contributed by atoms with Gasteiger partial charge in [-0.15, -0.1) is 10.2 Å². The van der Waals surface area contributed by atoms with Gasteiger partial charge in [0.1, 0.15) is 12.5 Å². The Balaban J connectivity index is 1.36. The van der Waals surface area contributed by atoms with Gasteiger partial charge in [-0.3, -0.25) is 0 Å². The van der Waals surface area contributed by atoms with Crippen molar-refractivity contribution in [2.75, 3.05) is 31.7 Å². The van der Waals surface area contributed by atoms with Crippen LogP contribution in [-0.2, 0) is 23.3 Å². The smallest absolute Gasteiger partial charge is 0.240 e. The molecule has 0 unspecified atom stereocenters. The van der Waals surface area contributed by atoms with Crippen LogP contribution in [0.4, 0.5) is 20.4 Å². The predicted molar refractivity (Wildman–Crippen MR) is 149 cm³/mol. The number of nitrogens with zero attached hydrogens (tertiary/aromatic N) is 6. The highest BCUT2D eigenvalue weighted by atomic mass is 28.3. The summed E-state index contributed by atoms with van der Waals surface area (Å²) < 4.78 is 48.3. The first-order valence-electron chi connectivity index (χ1n) is 13.1. The largest absolute Gasteiger partial charge is 0.491 e. The molecule has 0 amide bonds. The first-order chi connectivity index (χ1) is 19.1. The van der Waals surface area contributed by atoms with E-state index in [1.165, 1.54) is 16.9 Å². The molecule has 13 heteroatoms. The van der Waals surface area contributed by atoms with E-state index < -0.39 is 20.0 Å². The number of anilines is 2. The van der Waals surface area contributed by atoms with Crippen molar-refractivity contribution in [3.63, 3.8) is 0 Å². The number of hydrogen-bond acceptors (Lipinski definition) is 8. The second-order valence-electron chi connectivity index (χ2n) is 11.0. The van der Waals surface area contributed by atoms with E-state index in [1.54, 1.807) is 42.2 Å². The second-order valence-corrected chi connectivity index (χ2v) is 16.6. The van der Waals surface area contributed by atoms with Gasteiger partial charge < -0.3 is 19.5 Å². The van der Waals surface area contributed by atoms with Crippen LogP contribution < -0.4 is 10.1 Å². The van der Waals surface area contributed by atoms with E-state index >= 15 is 0 Å². The van der Waals surface area contributed by atoms with Crippen LogP contribution in [0.1, 0.15) is 0 Å². The average Bonchev–Trinajstić information content (AvgIpc) is 3.43.